The van der Waals surface area contributed by atoms with Crippen LogP contribution in [0, 0.1) is 0 Å². The number of aliphatic imine (C=N–C) groups is 2. The summed E-state index contributed by atoms with van der Waals surface area (Å²) in [5.41, 5.74) is 5.68. The molecule has 42 heavy (non-hydrogen) atoms. The monoisotopic (exact) mass is 580 g/mol. The van der Waals surface area contributed by atoms with Crippen molar-refractivity contribution >= 4 is 58.0 Å². The van der Waals surface area contributed by atoms with Crippen molar-refractivity contribution in [1.82, 2.24) is 0 Å². The van der Waals surface area contributed by atoms with E-state index in [1.54, 1.807) is 66.7 Å². The molecule has 0 heterocycles. The van der Waals surface area contributed by atoms with Gasteiger partial charge in [0.15, 0.2) is 0 Å². The average molecular weight is 581 g/mol. The number of carbonyl (C=O) groups is 1. The summed E-state index contributed by atoms with van der Waals surface area (Å²) in [7, 11) is 2.96. The Labute approximate surface area is 246 Å². The predicted molar refractivity (Wildman–Crippen MR) is 166 cm³/mol. The van der Waals surface area contributed by atoms with Crippen molar-refractivity contribution in [1.29, 1.82) is 0 Å². The van der Waals surface area contributed by atoms with E-state index >= 15 is 0 Å². The first-order valence-corrected chi connectivity index (χ1v) is 13.1. The Morgan fingerprint density at radius 1 is 0.810 bits per heavy atom. The topological polar surface area (TPSA) is 125 Å². The van der Waals surface area contributed by atoms with Gasteiger partial charge in [0.05, 0.1) is 31.2 Å². The number of ketones is 1. The number of nitrogens with one attached hydrogen (secondary N) is 1. The first-order valence-electron chi connectivity index (χ1n) is 12.7. The molecule has 0 amide bonds. The number of Topliss-reactive ketones (excluding diaryl/α,β-unsaturated/α-hetero) is 1. The number of methoxy groups -OCH3 is 2. The predicted octanol–water partition coefficient (Wildman–Crippen LogP) is 7.06. The fourth-order valence-corrected chi connectivity index (χ4v) is 4.42. The van der Waals surface area contributed by atoms with Gasteiger partial charge < -0.3 is 19.7 Å². The normalized spacial score (nSPS) is 14.3. The minimum atomic E-state index is -0.563. The van der Waals surface area contributed by atoms with Crippen molar-refractivity contribution in [2.75, 3.05) is 19.6 Å². The van der Waals surface area contributed by atoms with Gasteiger partial charge in [-0.1, -0.05) is 54.1 Å². The molecule has 5 rings (SSSR count). The lowest BCUT2D eigenvalue weighted by Crippen LogP contribution is -2.27. The Bertz CT molecular complexity index is 1780. The molecule has 0 aliphatic heterocycles. The Kier molecular flexibility index (Phi) is 8.31. The first-order chi connectivity index (χ1) is 20.4. The van der Waals surface area contributed by atoms with Crippen LogP contribution in [-0.2, 0) is 4.79 Å². The van der Waals surface area contributed by atoms with Gasteiger partial charge in [0.2, 0.25) is 17.6 Å². The van der Waals surface area contributed by atoms with Crippen LogP contribution in [0.3, 0.4) is 0 Å². The van der Waals surface area contributed by atoms with E-state index < -0.39 is 11.7 Å². The van der Waals surface area contributed by atoms with Gasteiger partial charge in [-0.05, 0) is 60.2 Å². The molecule has 10 heteroatoms. The number of hydrogen-bond acceptors (Lipinski definition) is 7. The van der Waals surface area contributed by atoms with E-state index in [1.165, 1.54) is 20.3 Å². The van der Waals surface area contributed by atoms with Crippen molar-refractivity contribution < 1.29 is 24.5 Å². The van der Waals surface area contributed by atoms with Crippen molar-refractivity contribution in [3.05, 3.63) is 118 Å². The Balaban J connectivity index is 1.51. The van der Waals surface area contributed by atoms with Crippen LogP contribution in [0.25, 0.3) is 6.08 Å². The van der Waals surface area contributed by atoms with Gasteiger partial charge in [-0.3, -0.25) is 10.2 Å². The van der Waals surface area contributed by atoms with E-state index in [1.807, 2.05) is 24.3 Å². The average Bonchev–Trinajstić information content (AvgIpc) is 3.00. The number of carbonyl (C=O) groups excluding carboxylic acids is 1. The minimum absolute atomic E-state index is 0.0394. The quantitative estimate of drug-likeness (QED) is 0.116. The number of halogens is 1. The number of para-hydroxylation sites is 1. The molecule has 0 bridgehead atoms. The molecule has 1 aliphatic rings. The number of ether oxygens (including phenoxy) is 2. The number of fused-ring (bicyclic) bond motifs is 1. The Hall–Kier alpha value is -5.41. The van der Waals surface area contributed by atoms with Gasteiger partial charge in [0, 0.05) is 16.1 Å². The van der Waals surface area contributed by atoms with Gasteiger partial charge in [-0.25, -0.2) is 9.98 Å². The van der Waals surface area contributed by atoms with E-state index in [0.717, 1.165) is 0 Å². The van der Waals surface area contributed by atoms with Crippen LogP contribution in [0.5, 0.6) is 11.5 Å². The lowest BCUT2D eigenvalue weighted by atomic mass is 9.89. The summed E-state index contributed by atoms with van der Waals surface area (Å²) in [5.74, 6) is -0.505. The second kappa shape index (κ2) is 12.4. The maximum atomic E-state index is 13.7. The van der Waals surface area contributed by atoms with Crippen LogP contribution >= 0.6 is 11.6 Å². The van der Waals surface area contributed by atoms with E-state index in [4.69, 9.17) is 21.1 Å². The highest BCUT2D eigenvalue weighted by molar-refractivity contribution is 6.58. The molecule has 4 aromatic carbocycles. The number of aliphatic hydroxyl groups excluding tert-OH is 2. The van der Waals surface area contributed by atoms with Crippen molar-refractivity contribution in [2.24, 2.45) is 15.1 Å². The Morgan fingerprint density at radius 3 is 2.29 bits per heavy atom. The third-order valence-electron chi connectivity index (χ3n) is 6.32. The molecular weight excluding hydrogens is 556 g/mol. The fraction of sp³-hybridized carbons (Fsp3) is 0.0625. The third-order valence-corrected chi connectivity index (χ3v) is 6.56. The van der Waals surface area contributed by atoms with E-state index in [-0.39, 0.29) is 22.9 Å². The summed E-state index contributed by atoms with van der Waals surface area (Å²) in [6, 6.07) is 25.8. The second-order valence-electron chi connectivity index (χ2n) is 8.98. The largest absolute Gasteiger partial charge is 0.495 e. The number of anilines is 1. The molecule has 0 unspecified atom stereocenters. The van der Waals surface area contributed by atoms with Crippen LogP contribution in [0.1, 0.15) is 16.7 Å². The molecule has 0 radical (unpaired) electrons. The summed E-state index contributed by atoms with van der Waals surface area (Å²) in [6.07, 6.45) is 1.55. The van der Waals surface area contributed by atoms with Crippen molar-refractivity contribution in [3.8, 4) is 11.5 Å². The summed E-state index contributed by atoms with van der Waals surface area (Å²) in [4.78, 5) is 22.1. The van der Waals surface area contributed by atoms with Crippen LogP contribution in [0.15, 0.2) is 112 Å². The molecule has 4 aromatic rings. The number of aliphatic hydroxyl groups is 2. The van der Waals surface area contributed by atoms with Crippen molar-refractivity contribution in [3.63, 3.8) is 0 Å². The smallest absolute Gasteiger partial charge is 0.223 e. The van der Waals surface area contributed by atoms with Gasteiger partial charge in [0.1, 0.15) is 22.9 Å². The Morgan fingerprint density at radius 2 is 1.52 bits per heavy atom. The molecule has 0 fully saturated rings. The minimum Gasteiger partial charge on any atom is -0.495 e. The van der Waals surface area contributed by atoms with Gasteiger partial charge in [0.25, 0.3) is 0 Å². The number of rotatable bonds is 8. The maximum Gasteiger partial charge on any atom is 0.223 e. The zero-order chi connectivity index (χ0) is 29.6. The molecule has 0 spiro atoms. The standard InChI is InChI=1S/C32H25ClN4O5/c1-41-27-15-13-21(33)18-25(27)35-32(40)24-16-19-8-6-7-11-23(19)29(30(24)38)37-36-26-17-20(12-14-28(26)42-2)31(39)34-22-9-4-3-5-10-22/h3-18,36H,1-2H3,(H,34,39)(H,35,40)/b37-29+. The lowest BCUT2D eigenvalue weighted by Gasteiger charge is -2.17. The first kappa shape index (κ1) is 28.1. The highest BCUT2D eigenvalue weighted by Gasteiger charge is 2.29. The molecule has 0 saturated carbocycles. The van der Waals surface area contributed by atoms with Gasteiger partial charge in [-0.15, -0.1) is 0 Å². The second-order valence-corrected chi connectivity index (χ2v) is 9.42. The van der Waals surface area contributed by atoms with Crippen molar-refractivity contribution in [2.45, 2.75) is 0 Å². The van der Waals surface area contributed by atoms with Crippen LogP contribution in [0.2, 0.25) is 5.02 Å². The highest BCUT2D eigenvalue weighted by atomic mass is 35.5. The SMILES string of the molecule is COc1ccc(Cl)cc1N=C(O)C1=Cc2ccccc2/C(=N\Nc2cc(C(O)=Nc3ccccc3)ccc2OC)C1=O. The van der Waals surface area contributed by atoms with Crippen LogP contribution < -0.4 is 14.9 Å². The van der Waals surface area contributed by atoms with E-state index in [9.17, 15) is 15.0 Å². The number of benzene rings is 4. The summed E-state index contributed by atoms with van der Waals surface area (Å²) >= 11 is 6.11. The molecule has 9 nitrogen and oxygen atoms in total. The molecule has 0 saturated heterocycles. The van der Waals surface area contributed by atoms with Gasteiger partial charge in [-0.2, -0.15) is 5.10 Å². The van der Waals surface area contributed by atoms with Gasteiger partial charge >= 0.3 is 0 Å². The molecule has 0 aromatic heterocycles. The number of hydrazone groups is 1. The zero-order valence-corrected chi connectivity index (χ0v) is 23.3. The van der Waals surface area contributed by atoms with Crippen LogP contribution in [0.4, 0.5) is 17.1 Å². The van der Waals surface area contributed by atoms with E-state index in [2.05, 4.69) is 20.5 Å². The highest BCUT2D eigenvalue weighted by Crippen LogP contribution is 2.32. The maximum absolute atomic E-state index is 13.7. The molecule has 3 N–H and O–H groups in total. The summed E-state index contributed by atoms with van der Waals surface area (Å²) in [6.45, 7) is 0. The third kappa shape index (κ3) is 6.01. The van der Waals surface area contributed by atoms with E-state index in [0.29, 0.717) is 44.6 Å². The number of hydrogen-bond donors (Lipinski definition) is 3. The zero-order valence-electron chi connectivity index (χ0n) is 22.6. The number of nitrogens with zero attached hydrogens (tertiary/aromatic N) is 3. The summed E-state index contributed by atoms with van der Waals surface area (Å²) < 4.78 is 10.8. The molecule has 1 aliphatic carbocycles. The lowest BCUT2D eigenvalue weighted by molar-refractivity contribution is -0.109. The van der Waals surface area contributed by atoms with Crippen LogP contribution in [-0.4, -0.2) is 47.7 Å². The molecule has 210 valence electrons. The molecular formula is C32H25ClN4O5. The summed E-state index contributed by atoms with van der Waals surface area (Å²) in [5, 5.41) is 26.4. The fourth-order valence-electron chi connectivity index (χ4n) is 4.25. The molecule has 0 atom stereocenters.